The van der Waals surface area contributed by atoms with Crippen LogP contribution in [0.15, 0.2) is 24.3 Å². The van der Waals surface area contributed by atoms with Crippen LogP contribution >= 0.6 is 0 Å². The standard InChI is InChI=1S/C13H14F2N4O/c14-13(15)20-10-4-1-8(2-5-10)12-18-17-11-6-3-9(16)7-19(11)12/h1-2,4-5,9,13H,3,6-7,16H2. The van der Waals surface area contributed by atoms with Gasteiger partial charge in [-0.25, -0.2) is 0 Å². The van der Waals surface area contributed by atoms with Crippen molar-refractivity contribution in [3.05, 3.63) is 30.1 Å². The van der Waals surface area contributed by atoms with E-state index in [-0.39, 0.29) is 11.8 Å². The number of nitrogens with zero attached hydrogens (tertiary/aromatic N) is 3. The predicted octanol–water partition coefficient (Wildman–Crippen LogP) is 1.82. The lowest BCUT2D eigenvalue weighted by molar-refractivity contribution is -0.0498. The fourth-order valence-corrected chi connectivity index (χ4v) is 2.35. The maximum Gasteiger partial charge on any atom is 0.387 e. The summed E-state index contributed by atoms with van der Waals surface area (Å²) in [7, 11) is 0. The molecule has 1 aliphatic heterocycles. The first-order valence-electron chi connectivity index (χ1n) is 6.36. The summed E-state index contributed by atoms with van der Waals surface area (Å²) in [6.07, 6.45) is 1.71. The summed E-state index contributed by atoms with van der Waals surface area (Å²) in [5, 5.41) is 8.31. The van der Waals surface area contributed by atoms with E-state index in [1.165, 1.54) is 12.1 Å². The number of aryl methyl sites for hydroxylation is 1. The molecule has 1 aliphatic rings. The van der Waals surface area contributed by atoms with Crippen molar-refractivity contribution >= 4 is 0 Å². The molecule has 0 saturated heterocycles. The van der Waals surface area contributed by atoms with E-state index in [1.807, 2.05) is 4.57 Å². The van der Waals surface area contributed by atoms with E-state index in [0.29, 0.717) is 12.4 Å². The number of benzene rings is 1. The van der Waals surface area contributed by atoms with Crippen molar-refractivity contribution in [1.29, 1.82) is 0 Å². The predicted molar refractivity (Wildman–Crippen MR) is 68.4 cm³/mol. The Hall–Kier alpha value is -2.02. The molecule has 0 saturated carbocycles. The number of ether oxygens (including phenoxy) is 1. The van der Waals surface area contributed by atoms with E-state index in [9.17, 15) is 8.78 Å². The molecule has 0 aliphatic carbocycles. The normalized spacial score (nSPS) is 18.1. The van der Waals surface area contributed by atoms with Crippen LogP contribution in [0.25, 0.3) is 11.4 Å². The van der Waals surface area contributed by atoms with Crippen molar-refractivity contribution in [3.63, 3.8) is 0 Å². The van der Waals surface area contributed by atoms with Crippen molar-refractivity contribution in [2.24, 2.45) is 5.73 Å². The second-order valence-electron chi connectivity index (χ2n) is 4.75. The number of hydrogen-bond donors (Lipinski definition) is 1. The van der Waals surface area contributed by atoms with Crippen LogP contribution in [0.2, 0.25) is 0 Å². The Labute approximate surface area is 114 Å². The molecule has 2 aromatic rings. The van der Waals surface area contributed by atoms with Gasteiger partial charge in [0, 0.05) is 24.6 Å². The topological polar surface area (TPSA) is 66.0 Å². The molecule has 5 nitrogen and oxygen atoms in total. The van der Waals surface area contributed by atoms with Crippen molar-refractivity contribution in [3.8, 4) is 17.1 Å². The summed E-state index contributed by atoms with van der Waals surface area (Å²) in [5.74, 6) is 1.74. The van der Waals surface area contributed by atoms with Crippen molar-refractivity contribution in [2.45, 2.75) is 32.0 Å². The highest BCUT2D eigenvalue weighted by Gasteiger charge is 2.21. The van der Waals surface area contributed by atoms with Gasteiger partial charge in [-0.3, -0.25) is 0 Å². The van der Waals surface area contributed by atoms with Gasteiger partial charge >= 0.3 is 6.61 Å². The highest BCUT2D eigenvalue weighted by atomic mass is 19.3. The third-order valence-electron chi connectivity index (χ3n) is 3.32. The van der Waals surface area contributed by atoms with Crippen LogP contribution in [0.4, 0.5) is 8.78 Å². The Morgan fingerprint density at radius 1 is 1.25 bits per heavy atom. The van der Waals surface area contributed by atoms with Crippen LogP contribution < -0.4 is 10.5 Å². The van der Waals surface area contributed by atoms with E-state index < -0.39 is 6.61 Å². The lowest BCUT2D eigenvalue weighted by Crippen LogP contribution is -2.32. The van der Waals surface area contributed by atoms with E-state index >= 15 is 0 Å². The molecule has 1 atom stereocenters. The Bertz CT molecular complexity index is 597. The average molecular weight is 280 g/mol. The summed E-state index contributed by atoms with van der Waals surface area (Å²) in [6.45, 7) is -2.15. The Balaban J connectivity index is 1.88. The Morgan fingerprint density at radius 3 is 2.70 bits per heavy atom. The number of rotatable bonds is 3. The molecule has 20 heavy (non-hydrogen) atoms. The van der Waals surface area contributed by atoms with Crippen LogP contribution in [0.3, 0.4) is 0 Å². The van der Waals surface area contributed by atoms with Gasteiger partial charge in [0.1, 0.15) is 11.6 Å². The lowest BCUT2D eigenvalue weighted by Gasteiger charge is -2.20. The summed E-state index contributed by atoms with van der Waals surface area (Å²) >= 11 is 0. The van der Waals surface area contributed by atoms with E-state index in [2.05, 4.69) is 14.9 Å². The third-order valence-corrected chi connectivity index (χ3v) is 3.32. The summed E-state index contributed by atoms with van der Waals surface area (Å²) in [6, 6.07) is 6.46. The minimum atomic E-state index is -2.82. The van der Waals surface area contributed by atoms with Crippen LogP contribution in [-0.2, 0) is 13.0 Å². The molecule has 0 fully saturated rings. The van der Waals surface area contributed by atoms with Gasteiger partial charge < -0.3 is 15.0 Å². The largest absolute Gasteiger partial charge is 0.435 e. The van der Waals surface area contributed by atoms with Gasteiger partial charge in [0.25, 0.3) is 0 Å². The Kier molecular flexibility index (Phi) is 3.35. The lowest BCUT2D eigenvalue weighted by atomic mass is 10.1. The summed E-state index contributed by atoms with van der Waals surface area (Å²) in [4.78, 5) is 0. The van der Waals surface area contributed by atoms with Gasteiger partial charge in [-0.15, -0.1) is 10.2 Å². The number of halogens is 2. The second kappa shape index (κ2) is 5.16. The number of fused-ring (bicyclic) bond motifs is 1. The van der Waals surface area contributed by atoms with Crippen molar-refractivity contribution in [1.82, 2.24) is 14.8 Å². The number of hydrogen-bond acceptors (Lipinski definition) is 4. The van der Waals surface area contributed by atoms with Crippen molar-refractivity contribution in [2.75, 3.05) is 0 Å². The van der Waals surface area contributed by atoms with Crippen LogP contribution in [0.5, 0.6) is 5.75 Å². The smallest absolute Gasteiger partial charge is 0.387 e. The number of nitrogens with two attached hydrogens (primary N) is 1. The van der Waals surface area contributed by atoms with E-state index in [4.69, 9.17) is 5.73 Å². The minimum Gasteiger partial charge on any atom is -0.435 e. The quantitative estimate of drug-likeness (QED) is 0.931. The SMILES string of the molecule is NC1CCc2nnc(-c3ccc(OC(F)F)cc3)n2C1. The Morgan fingerprint density at radius 2 is 2.00 bits per heavy atom. The number of aromatic nitrogens is 3. The minimum absolute atomic E-state index is 0.0960. The van der Waals surface area contributed by atoms with Gasteiger partial charge in [0.2, 0.25) is 0 Å². The third kappa shape index (κ3) is 2.49. The maximum atomic E-state index is 12.1. The van der Waals surface area contributed by atoms with Gasteiger partial charge in [-0.2, -0.15) is 8.78 Å². The van der Waals surface area contributed by atoms with Crippen LogP contribution in [-0.4, -0.2) is 27.4 Å². The molecule has 1 aromatic carbocycles. The second-order valence-corrected chi connectivity index (χ2v) is 4.75. The molecule has 2 heterocycles. The zero-order valence-corrected chi connectivity index (χ0v) is 10.7. The molecule has 7 heteroatoms. The van der Waals surface area contributed by atoms with Gasteiger partial charge in [-0.1, -0.05) is 0 Å². The summed E-state index contributed by atoms with van der Waals surface area (Å²) in [5.41, 5.74) is 6.76. The highest BCUT2D eigenvalue weighted by molar-refractivity contribution is 5.56. The molecule has 0 radical (unpaired) electrons. The molecule has 106 valence electrons. The molecular formula is C13H14F2N4O. The fourth-order valence-electron chi connectivity index (χ4n) is 2.35. The molecule has 0 spiro atoms. The molecule has 1 aromatic heterocycles. The zero-order valence-electron chi connectivity index (χ0n) is 10.7. The first-order valence-corrected chi connectivity index (χ1v) is 6.36. The maximum absolute atomic E-state index is 12.1. The van der Waals surface area contributed by atoms with E-state index in [1.54, 1.807) is 12.1 Å². The van der Waals surface area contributed by atoms with Crippen LogP contribution in [0.1, 0.15) is 12.2 Å². The molecular weight excluding hydrogens is 266 g/mol. The van der Waals surface area contributed by atoms with Crippen molar-refractivity contribution < 1.29 is 13.5 Å². The average Bonchev–Trinajstić information content (AvgIpc) is 2.82. The zero-order chi connectivity index (χ0) is 14.1. The molecule has 0 bridgehead atoms. The van der Waals surface area contributed by atoms with Gasteiger partial charge in [0.15, 0.2) is 5.82 Å². The fraction of sp³-hybridized carbons (Fsp3) is 0.385. The van der Waals surface area contributed by atoms with E-state index in [0.717, 1.165) is 24.2 Å². The van der Waals surface area contributed by atoms with Crippen LogP contribution in [0, 0.1) is 0 Å². The first-order chi connectivity index (χ1) is 9.63. The number of alkyl halides is 2. The monoisotopic (exact) mass is 280 g/mol. The van der Waals surface area contributed by atoms with Gasteiger partial charge in [-0.05, 0) is 30.7 Å². The molecule has 2 N–H and O–H groups in total. The molecule has 0 amide bonds. The summed E-state index contributed by atoms with van der Waals surface area (Å²) < 4.78 is 30.5. The molecule has 3 rings (SSSR count). The highest BCUT2D eigenvalue weighted by Crippen LogP contribution is 2.25. The van der Waals surface area contributed by atoms with Gasteiger partial charge in [0.05, 0.1) is 0 Å². The first kappa shape index (κ1) is 13.0. The molecule has 1 unspecified atom stereocenters.